The molecule has 104 valence electrons. The first-order chi connectivity index (χ1) is 9.11. The van der Waals surface area contributed by atoms with E-state index in [1.165, 1.54) is 12.1 Å². The quantitative estimate of drug-likeness (QED) is 0.858. The number of halogens is 1. The molecule has 19 heavy (non-hydrogen) atoms. The summed E-state index contributed by atoms with van der Waals surface area (Å²) in [4.78, 5) is 2.59. The molecule has 1 aliphatic rings. The maximum absolute atomic E-state index is 13.3. The van der Waals surface area contributed by atoms with Crippen LogP contribution in [0.5, 0.6) is 0 Å². The summed E-state index contributed by atoms with van der Waals surface area (Å²) in [5.74, 6) is -0.305. The van der Waals surface area contributed by atoms with Crippen LogP contribution in [0.25, 0.3) is 0 Å². The Morgan fingerprint density at radius 1 is 1.58 bits per heavy atom. The molecule has 0 saturated carbocycles. The fourth-order valence-electron chi connectivity index (χ4n) is 2.41. The molecule has 1 heterocycles. The molecule has 1 atom stereocenters. The largest absolute Gasteiger partial charge is 0.389 e. The van der Waals surface area contributed by atoms with Crippen molar-refractivity contribution in [3.63, 3.8) is 0 Å². The Labute approximate surface area is 118 Å². The lowest BCUT2D eigenvalue weighted by Gasteiger charge is -2.35. The van der Waals surface area contributed by atoms with Crippen molar-refractivity contribution in [3.05, 3.63) is 35.1 Å². The summed E-state index contributed by atoms with van der Waals surface area (Å²) in [6, 6.07) is 5.04. The number of ether oxygens (including phenoxy) is 1. The standard InChI is InChI=1S/C14H19FN2OS/c1-2-12-9-18-6-5-17(12)8-10-3-4-11(15)7-13(10)14(16)19/h3-4,7,12H,2,5-6,8-9H2,1H3,(H2,16,19). The van der Waals surface area contributed by atoms with Gasteiger partial charge in [0.2, 0.25) is 0 Å². The normalized spacial score (nSPS) is 20.4. The number of hydrogen-bond acceptors (Lipinski definition) is 3. The lowest BCUT2D eigenvalue weighted by molar-refractivity contribution is -0.0127. The van der Waals surface area contributed by atoms with Crippen LogP contribution in [-0.4, -0.2) is 35.7 Å². The average Bonchev–Trinajstić information content (AvgIpc) is 2.41. The summed E-state index contributed by atoms with van der Waals surface area (Å²) in [7, 11) is 0. The van der Waals surface area contributed by atoms with E-state index in [0.717, 1.165) is 38.3 Å². The van der Waals surface area contributed by atoms with Gasteiger partial charge in [-0.15, -0.1) is 0 Å². The van der Waals surface area contributed by atoms with Crippen LogP contribution >= 0.6 is 12.2 Å². The maximum Gasteiger partial charge on any atom is 0.123 e. The number of thiocarbonyl (C=S) groups is 1. The van der Waals surface area contributed by atoms with Crippen molar-refractivity contribution >= 4 is 17.2 Å². The first-order valence-corrected chi connectivity index (χ1v) is 6.92. The zero-order chi connectivity index (χ0) is 13.8. The van der Waals surface area contributed by atoms with Gasteiger partial charge in [-0.2, -0.15) is 0 Å². The minimum Gasteiger partial charge on any atom is -0.389 e. The van der Waals surface area contributed by atoms with Crippen molar-refractivity contribution < 1.29 is 9.13 Å². The van der Waals surface area contributed by atoms with Gasteiger partial charge >= 0.3 is 0 Å². The predicted molar refractivity (Wildman–Crippen MR) is 77.6 cm³/mol. The Bertz CT molecular complexity index is 467. The minimum absolute atomic E-state index is 0.246. The molecule has 1 saturated heterocycles. The summed E-state index contributed by atoms with van der Waals surface area (Å²) in [6.45, 7) is 5.24. The van der Waals surface area contributed by atoms with E-state index in [0.29, 0.717) is 11.6 Å². The zero-order valence-electron chi connectivity index (χ0n) is 11.1. The Morgan fingerprint density at radius 3 is 3.05 bits per heavy atom. The highest BCUT2D eigenvalue weighted by atomic mass is 32.1. The number of nitrogens with zero attached hydrogens (tertiary/aromatic N) is 1. The van der Waals surface area contributed by atoms with E-state index >= 15 is 0 Å². The van der Waals surface area contributed by atoms with Gasteiger partial charge in [0.05, 0.1) is 13.2 Å². The molecule has 0 spiro atoms. The lowest BCUT2D eigenvalue weighted by atomic mass is 10.0. The molecule has 1 aliphatic heterocycles. The molecule has 1 aromatic carbocycles. The highest BCUT2D eigenvalue weighted by Crippen LogP contribution is 2.18. The van der Waals surface area contributed by atoms with Crippen LogP contribution in [0.4, 0.5) is 4.39 Å². The van der Waals surface area contributed by atoms with E-state index in [1.807, 2.05) is 0 Å². The number of rotatable bonds is 4. The van der Waals surface area contributed by atoms with Crippen LogP contribution in [0.1, 0.15) is 24.5 Å². The Balaban J connectivity index is 2.20. The molecule has 1 unspecified atom stereocenters. The van der Waals surface area contributed by atoms with E-state index < -0.39 is 0 Å². The monoisotopic (exact) mass is 282 g/mol. The van der Waals surface area contributed by atoms with E-state index in [-0.39, 0.29) is 10.8 Å². The van der Waals surface area contributed by atoms with Crippen molar-refractivity contribution in [1.82, 2.24) is 4.90 Å². The molecule has 0 amide bonds. The van der Waals surface area contributed by atoms with Gasteiger partial charge in [-0.3, -0.25) is 4.90 Å². The molecule has 1 fully saturated rings. The van der Waals surface area contributed by atoms with Gasteiger partial charge in [-0.05, 0) is 24.1 Å². The van der Waals surface area contributed by atoms with Crippen LogP contribution in [0, 0.1) is 5.82 Å². The second-order valence-electron chi connectivity index (χ2n) is 4.77. The number of benzene rings is 1. The van der Waals surface area contributed by atoms with Crippen molar-refractivity contribution in [2.45, 2.75) is 25.9 Å². The minimum atomic E-state index is -0.305. The van der Waals surface area contributed by atoms with Crippen molar-refractivity contribution in [2.75, 3.05) is 19.8 Å². The number of morpholine rings is 1. The van der Waals surface area contributed by atoms with E-state index in [1.54, 1.807) is 6.07 Å². The Morgan fingerprint density at radius 2 is 2.37 bits per heavy atom. The summed E-state index contributed by atoms with van der Waals surface area (Å²) in [5, 5.41) is 0. The molecule has 0 bridgehead atoms. The number of hydrogen-bond donors (Lipinski definition) is 1. The molecule has 2 rings (SSSR count). The summed E-state index contributed by atoms with van der Waals surface area (Å²) < 4.78 is 18.8. The molecule has 5 heteroatoms. The van der Waals surface area contributed by atoms with Gasteiger partial charge in [0.15, 0.2) is 0 Å². The summed E-state index contributed by atoms with van der Waals surface area (Å²) in [5.41, 5.74) is 7.29. The topological polar surface area (TPSA) is 38.5 Å². The molecule has 3 nitrogen and oxygen atoms in total. The lowest BCUT2D eigenvalue weighted by Crippen LogP contribution is -2.44. The Kier molecular flexibility index (Phi) is 4.85. The van der Waals surface area contributed by atoms with Gasteiger partial charge in [-0.25, -0.2) is 4.39 Å². The molecule has 1 aromatic rings. The summed E-state index contributed by atoms with van der Waals surface area (Å²) >= 11 is 5.00. The summed E-state index contributed by atoms with van der Waals surface area (Å²) in [6.07, 6.45) is 1.03. The number of nitrogens with two attached hydrogens (primary N) is 1. The second kappa shape index (κ2) is 6.41. The van der Waals surface area contributed by atoms with E-state index in [9.17, 15) is 4.39 Å². The fourth-order valence-corrected chi connectivity index (χ4v) is 2.60. The fraction of sp³-hybridized carbons (Fsp3) is 0.500. The zero-order valence-corrected chi connectivity index (χ0v) is 11.9. The predicted octanol–water partition coefficient (Wildman–Crippen LogP) is 2.07. The maximum atomic E-state index is 13.3. The average molecular weight is 282 g/mol. The van der Waals surface area contributed by atoms with Crippen LogP contribution in [0.15, 0.2) is 18.2 Å². The Hall–Kier alpha value is -1.04. The molecular weight excluding hydrogens is 263 g/mol. The van der Waals surface area contributed by atoms with Gasteiger partial charge in [0, 0.05) is 24.7 Å². The van der Waals surface area contributed by atoms with Crippen LogP contribution in [0.2, 0.25) is 0 Å². The molecular formula is C14H19FN2OS. The van der Waals surface area contributed by atoms with Gasteiger partial charge in [0.1, 0.15) is 10.8 Å². The molecule has 0 radical (unpaired) electrons. The van der Waals surface area contributed by atoms with Crippen LogP contribution < -0.4 is 5.73 Å². The van der Waals surface area contributed by atoms with Crippen LogP contribution in [0.3, 0.4) is 0 Å². The van der Waals surface area contributed by atoms with Gasteiger partial charge in [-0.1, -0.05) is 25.2 Å². The van der Waals surface area contributed by atoms with Crippen molar-refractivity contribution in [2.24, 2.45) is 5.73 Å². The highest BCUT2D eigenvalue weighted by molar-refractivity contribution is 7.80. The van der Waals surface area contributed by atoms with Crippen LogP contribution in [-0.2, 0) is 11.3 Å². The van der Waals surface area contributed by atoms with E-state index in [2.05, 4.69) is 11.8 Å². The third-order valence-electron chi connectivity index (χ3n) is 3.53. The molecule has 0 aliphatic carbocycles. The SMILES string of the molecule is CCC1COCCN1Cc1ccc(F)cc1C(N)=S. The smallest absolute Gasteiger partial charge is 0.123 e. The third kappa shape index (κ3) is 3.49. The van der Waals surface area contributed by atoms with Crippen molar-refractivity contribution in [3.8, 4) is 0 Å². The first kappa shape index (κ1) is 14.4. The first-order valence-electron chi connectivity index (χ1n) is 6.51. The third-order valence-corrected chi connectivity index (χ3v) is 3.75. The van der Waals surface area contributed by atoms with Crippen molar-refractivity contribution in [1.29, 1.82) is 0 Å². The van der Waals surface area contributed by atoms with E-state index in [4.69, 9.17) is 22.7 Å². The van der Waals surface area contributed by atoms with Gasteiger partial charge in [0.25, 0.3) is 0 Å². The molecule has 0 aromatic heterocycles. The molecule has 2 N–H and O–H groups in total. The highest BCUT2D eigenvalue weighted by Gasteiger charge is 2.22. The second-order valence-corrected chi connectivity index (χ2v) is 5.21. The van der Waals surface area contributed by atoms with Gasteiger partial charge < -0.3 is 10.5 Å².